The molecule has 8 heteroatoms. The maximum Gasteiger partial charge on any atom is 0.249 e. The zero-order chi connectivity index (χ0) is 27.1. The molecule has 8 nitrogen and oxygen atoms in total. The van der Waals surface area contributed by atoms with Crippen LogP contribution in [0, 0.1) is 11.8 Å². The maximum atomic E-state index is 14.4. The molecule has 3 amide bonds. The molecule has 6 atom stereocenters. The van der Waals surface area contributed by atoms with Gasteiger partial charge in [-0.05, 0) is 31.9 Å². The third-order valence-corrected chi connectivity index (χ3v) is 8.75. The van der Waals surface area contributed by atoms with Gasteiger partial charge in [0.1, 0.15) is 11.6 Å². The second-order valence-electron chi connectivity index (χ2n) is 11.1. The number of aliphatic hydroxyl groups is 1. The summed E-state index contributed by atoms with van der Waals surface area (Å²) in [6.07, 6.45) is 11.0. The van der Waals surface area contributed by atoms with Crippen molar-refractivity contribution in [1.82, 2.24) is 9.80 Å². The van der Waals surface area contributed by atoms with E-state index in [9.17, 15) is 19.5 Å². The minimum atomic E-state index is -1.30. The van der Waals surface area contributed by atoms with E-state index in [1.807, 2.05) is 68.5 Å². The molecule has 0 bridgehead atoms. The van der Waals surface area contributed by atoms with Gasteiger partial charge in [0.15, 0.2) is 0 Å². The first-order valence-corrected chi connectivity index (χ1v) is 14.0. The van der Waals surface area contributed by atoms with Gasteiger partial charge in [0, 0.05) is 25.3 Å². The molecule has 1 aromatic carbocycles. The van der Waals surface area contributed by atoms with E-state index < -0.39 is 35.1 Å². The van der Waals surface area contributed by atoms with Crippen molar-refractivity contribution in [3.8, 4) is 0 Å². The smallest absolute Gasteiger partial charge is 0.249 e. The first-order valence-electron chi connectivity index (χ1n) is 14.0. The quantitative estimate of drug-likeness (QED) is 0.420. The number of nitrogens with zero attached hydrogens (tertiary/aromatic N) is 3. The molecule has 4 heterocycles. The number of rotatable bonds is 8. The van der Waals surface area contributed by atoms with Gasteiger partial charge < -0.3 is 24.5 Å². The molecule has 0 radical (unpaired) electrons. The zero-order valence-corrected chi connectivity index (χ0v) is 22.6. The average molecular weight is 522 g/mol. The van der Waals surface area contributed by atoms with E-state index in [0.29, 0.717) is 26.1 Å². The number of anilines is 1. The minimum Gasteiger partial charge on any atom is -0.394 e. The summed E-state index contributed by atoms with van der Waals surface area (Å²) in [4.78, 5) is 47.9. The molecule has 2 saturated heterocycles. The fourth-order valence-electron chi connectivity index (χ4n) is 6.91. The van der Waals surface area contributed by atoms with Gasteiger partial charge in [-0.2, -0.15) is 0 Å². The van der Waals surface area contributed by atoms with Crippen LogP contribution in [0.2, 0.25) is 0 Å². The number of carbonyl (C=O) groups excluding carboxylic acids is 3. The Labute approximate surface area is 224 Å². The summed E-state index contributed by atoms with van der Waals surface area (Å²) in [5.41, 5.74) is -1.61. The van der Waals surface area contributed by atoms with Gasteiger partial charge in [0.05, 0.1) is 30.1 Å². The van der Waals surface area contributed by atoms with E-state index in [4.69, 9.17) is 4.74 Å². The molecule has 0 aliphatic carbocycles. The second-order valence-corrected chi connectivity index (χ2v) is 11.1. The van der Waals surface area contributed by atoms with E-state index >= 15 is 0 Å². The van der Waals surface area contributed by atoms with Crippen molar-refractivity contribution in [3.05, 3.63) is 54.6 Å². The van der Waals surface area contributed by atoms with Gasteiger partial charge in [0.2, 0.25) is 17.7 Å². The number of aliphatic hydroxyl groups excluding tert-OH is 1. The van der Waals surface area contributed by atoms with Crippen molar-refractivity contribution < 1.29 is 24.2 Å². The number of para-hydroxylation sites is 1. The van der Waals surface area contributed by atoms with Gasteiger partial charge in [-0.3, -0.25) is 14.4 Å². The summed E-state index contributed by atoms with van der Waals surface area (Å²) in [6.45, 7) is 6.99. The molecule has 1 N–H and O–H groups in total. The number of likely N-dealkylation sites (tertiary alicyclic amines) is 1. The molecule has 1 unspecified atom stereocenters. The lowest BCUT2D eigenvalue weighted by atomic mass is 9.74. The van der Waals surface area contributed by atoms with Crippen LogP contribution in [0.4, 0.5) is 5.69 Å². The van der Waals surface area contributed by atoms with Crippen molar-refractivity contribution >= 4 is 23.4 Å². The average Bonchev–Trinajstić information content (AvgIpc) is 3.19. The molecule has 204 valence electrons. The molecule has 4 aliphatic heterocycles. The summed E-state index contributed by atoms with van der Waals surface area (Å²) in [7, 11) is 0. The second kappa shape index (κ2) is 10.3. The lowest BCUT2D eigenvalue weighted by Crippen LogP contribution is -2.58. The minimum absolute atomic E-state index is 0.176. The third-order valence-electron chi connectivity index (χ3n) is 8.75. The number of fused-ring (bicyclic) bond motifs is 2. The zero-order valence-electron chi connectivity index (χ0n) is 22.6. The van der Waals surface area contributed by atoms with Crippen LogP contribution in [0.25, 0.3) is 0 Å². The number of hydrogen-bond acceptors (Lipinski definition) is 5. The monoisotopic (exact) mass is 521 g/mol. The van der Waals surface area contributed by atoms with Crippen LogP contribution in [0.1, 0.15) is 46.5 Å². The molecule has 2 fully saturated rings. The van der Waals surface area contributed by atoms with Crippen LogP contribution in [0.3, 0.4) is 0 Å². The first kappa shape index (κ1) is 26.6. The number of unbranched alkanes of at least 4 members (excludes halogenated alkanes) is 2. The summed E-state index contributed by atoms with van der Waals surface area (Å²) < 4.78 is 6.85. The van der Waals surface area contributed by atoms with Gasteiger partial charge >= 0.3 is 0 Å². The summed E-state index contributed by atoms with van der Waals surface area (Å²) in [5, 5.41) is 10.3. The van der Waals surface area contributed by atoms with E-state index in [1.54, 1.807) is 14.7 Å². The summed E-state index contributed by atoms with van der Waals surface area (Å²) >= 11 is 0. The van der Waals surface area contributed by atoms with Crippen LogP contribution in [0.5, 0.6) is 0 Å². The predicted octanol–water partition coefficient (Wildman–Crippen LogP) is 2.92. The van der Waals surface area contributed by atoms with Crippen LogP contribution in [0.15, 0.2) is 54.6 Å². The number of ether oxygens (including phenoxy) is 1. The van der Waals surface area contributed by atoms with E-state index in [-0.39, 0.29) is 24.3 Å². The highest BCUT2D eigenvalue weighted by molar-refractivity contribution is 6.04. The molecule has 0 saturated carbocycles. The van der Waals surface area contributed by atoms with Crippen LogP contribution < -0.4 is 4.90 Å². The fourth-order valence-corrected chi connectivity index (χ4v) is 6.91. The molecule has 0 aromatic heterocycles. The van der Waals surface area contributed by atoms with Crippen molar-refractivity contribution in [1.29, 1.82) is 0 Å². The highest BCUT2D eigenvalue weighted by atomic mass is 16.5. The third kappa shape index (κ3) is 4.00. The molecular weight excluding hydrogens is 482 g/mol. The summed E-state index contributed by atoms with van der Waals surface area (Å²) in [6, 6.07) is 7.95. The van der Waals surface area contributed by atoms with Gasteiger partial charge in [-0.1, -0.05) is 69.2 Å². The standard InChI is InChI=1S/C30H39N3O5/c1-4-6-10-17-31-18-12-16-30-24(27(36)33(21(5-2)20-34)25(30)28(31)37)23-26(35)32(22-13-8-7-9-14-22)19-11-15-29(23,3)38-30/h7-9,11-16,21,23-25,34H,4-6,10,17-20H2,1-3H3/t21-,23+,24-,25?,29-,30-/m0/s1. The fraction of sp³-hybridized carbons (Fsp3) is 0.567. The van der Waals surface area contributed by atoms with Gasteiger partial charge in [-0.25, -0.2) is 0 Å². The van der Waals surface area contributed by atoms with Gasteiger partial charge in [-0.15, -0.1) is 0 Å². The van der Waals surface area contributed by atoms with Crippen LogP contribution in [-0.4, -0.2) is 82.2 Å². The Hall–Kier alpha value is -2.97. The van der Waals surface area contributed by atoms with E-state index in [2.05, 4.69) is 6.92 Å². The van der Waals surface area contributed by atoms with Gasteiger partial charge in [0.25, 0.3) is 0 Å². The number of hydrogen-bond donors (Lipinski definition) is 1. The molecule has 5 rings (SSSR count). The van der Waals surface area contributed by atoms with Crippen molar-refractivity contribution in [2.75, 3.05) is 31.1 Å². The Kier molecular flexibility index (Phi) is 7.22. The Balaban J connectivity index is 1.61. The predicted molar refractivity (Wildman–Crippen MR) is 144 cm³/mol. The van der Waals surface area contributed by atoms with Crippen LogP contribution in [-0.2, 0) is 19.1 Å². The highest BCUT2D eigenvalue weighted by Gasteiger charge is 2.75. The summed E-state index contributed by atoms with van der Waals surface area (Å²) in [5.74, 6) is -2.36. The number of benzene rings is 1. The number of carbonyl (C=O) groups is 3. The normalized spacial score (nSPS) is 33.2. The van der Waals surface area contributed by atoms with Crippen LogP contribution >= 0.6 is 0 Å². The maximum absolute atomic E-state index is 14.4. The lowest BCUT2D eigenvalue weighted by molar-refractivity contribution is -0.154. The SMILES string of the molecule is CCCCCN1CC=C[C@]23O[C@@]4(C)C=CCN(c5ccccc5)C(=O)[C@H]4[C@H]2C(=O)N([C@@H](CC)CO)C3C1=O. The molecule has 4 aliphatic rings. The lowest BCUT2D eigenvalue weighted by Gasteiger charge is -2.40. The van der Waals surface area contributed by atoms with Crippen molar-refractivity contribution in [2.24, 2.45) is 11.8 Å². The molecule has 1 spiro atoms. The number of amides is 3. The molecule has 1 aromatic rings. The highest BCUT2D eigenvalue weighted by Crippen LogP contribution is 2.58. The molecule has 38 heavy (non-hydrogen) atoms. The Bertz CT molecular complexity index is 1130. The van der Waals surface area contributed by atoms with Crippen molar-refractivity contribution in [2.45, 2.75) is 69.7 Å². The largest absolute Gasteiger partial charge is 0.394 e. The van der Waals surface area contributed by atoms with E-state index in [1.165, 1.54) is 0 Å². The first-order chi connectivity index (χ1) is 18.3. The molecular formula is C30H39N3O5. The Morgan fingerprint density at radius 3 is 2.39 bits per heavy atom. The topological polar surface area (TPSA) is 90.4 Å². The Morgan fingerprint density at radius 2 is 1.71 bits per heavy atom. The Morgan fingerprint density at radius 1 is 0.974 bits per heavy atom. The van der Waals surface area contributed by atoms with Crippen molar-refractivity contribution in [3.63, 3.8) is 0 Å². The van der Waals surface area contributed by atoms with E-state index in [0.717, 1.165) is 24.9 Å².